The van der Waals surface area contributed by atoms with Crippen LogP contribution in [0.25, 0.3) is 0 Å². The number of benzene rings is 1. The van der Waals surface area contributed by atoms with Gasteiger partial charge in [0.1, 0.15) is 0 Å². The van der Waals surface area contributed by atoms with E-state index >= 15 is 0 Å². The molecule has 2 rings (SSSR count). The smallest absolute Gasteiger partial charge is 0.306 e. The quantitative estimate of drug-likeness (QED) is 0.627. The summed E-state index contributed by atoms with van der Waals surface area (Å²) in [5, 5.41) is 0. The van der Waals surface area contributed by atoms with Gasteiger partial charge in [-0.25, -0.2) is 0 Å². The molecule has 0 amide bonds. The Labute approximate surface area is 134 Å². The van der Waals surface area contributed by atoms with Crippen molar-refractivity contribution in [2.75, 3.05) is 13.6 Å². The van der Waals surface area contributed by atoms with Gasteiger partial charge in [-0.1, -0.05) is 51.1 Å². The molecule has 3 unspecified atom stereocenters. The van der Waals surface area contributed by atoms with Crippen LogP contribution >= 0.6 is 0 Å². The van der Waals surface area contributed by atoms with Gasteiger partial charge in [-0.3, -0.25) is 4.79 Å². The number of ether oxygens (including phenoxy) is 1. The van der Waals surface area contributed by atoms with E-state index in [9.17, 15) is 4.79 Å². The fraction of sp³-hybridized carbons (Fsp3) is 0.579. The lowest BCUT2D eigenvalue weighted by atomic mass is 9.64. The first-order valence-corrected chi connectivity index (χ1v) is 8.06. The molecular weight excluding hydrogens is 274 g/mol. The summed E-state index contributed by atoms with van der Waals surface area (Å²) in [6, 6.07) is 10.3. The molecule has 0 aromatic heterocycles. The van der Waals surface area contributed by atoms with E-state index in [1.807, 2.05) is 32.2 Å². The van der Waals surface area contributed by atoms with Crippen molar-refractivity contribution in [1.29, 1.82) is 0 Å². The highest BCUT2D eigenvalue weighted by Crippen LogP contribution is 2.52. The summed E-state index contributed by atoms with van der Waals surface area (Å²) in [5.74, 6) is -0.155. The molecule has 0 spiro atoms. The predicted octanol–water partition coefficient (Wildman–Crippen LogP) is 3.77. The molecule has 1 aliphatic heterocycles. The first-order valence-electron chi connectivity index (χ1n) is 8.06. The van der Waals surface area contributed by atoms with Crippen molar-refractivity contribution in [2.45, 2.75) is 52.2 Å². The zero-order valence-electron chi connectivity index (χ0n) is 14.4. The van der Waals surface area contributed by atoms with Gasteiger partial charge < -0.3 is 9.22 Å². The number of rotatable bonds is 3. The first kappa shape index (κ1) is 17.0. The lowest BCUT2D eigenvalue weighted by molar-refractivity contribution is -0.906. The van der Waals surface area contributed by atoms with Crippen molar-refractivity contribution in [3.63, 3.8) is 0 Å². The van der Waals surface area contributed by atoms with E-state index < -0.39 is 5.60 Å². The maximum Gasteiger partial charge on any atom is 0.306 e. The van der Waals surface area contributed by atoms with Gasteiger partial charge in [0.15, 0.2) is 5.60 Å². The number of nitrogens with zero attached hydrogens (tertiary/aromatic N) is 1. The Morgan fingerprint density at radius 1 is 1.36 bits per heavy atom. The maximum absolute atomic E-state index is 12.2. The molecule has 3 nitrogen and oxygen atoms in total. The molecule has 0 N–H and O–H groups in total. The summed E-state index contributed by atoms with van der Waals surface area (Å²) < 4.78 is 6.54. The van der Waals surface area contributed by atoms with Crippen molar-refractivity contribution < 1.29 is 14.0 Å². The number of hydrogen-bond acceptors (Lipinski definition) is 2. The Balaban J connectivity index is 2.55. The van der Waals surface area contributed by atoms with Gasteiger partial charge in [0.25, 0.3) is 0 Å². The van der Waals surface area contributed by atoms with Crippen LogP contribution in [0.4, 0.5) is 0 Å². The third kappa shape index (κ3) is 2.79. The number of carbonyl (C=O) groups excluding carboxylic acids is 1. The summed E-state index contributed by atoms with van der Waals surface area (Å²) in [6.45, 7) is 9.02. The number of hydrogen-bond donors (Lipinski definition) is 0. The third-order valence-electron chi connectivity index (χ3n) is 5.24. The number of carbonyl (C=O) groups is 1. The first-order chi connectivity index (χ1) is 10.1. The highest BCUT2D eigenvalue weighted by Gasteiger charge is 2.59. The Kier molecular flexibility index (Phi) is 4.40. The summed E-state index contributed by atoms with van der Waals surface area (Å²) in [7, 11) is 8.50. The van der Waals surface area contributed by atoms with Crippen molar-refractivity contribution in [2.24, 2.45) is 5.41 Å². The van der Waals surface area contributed by atoms with E-state index in [1.165, 1.54) is 0 Å². The number of quaternary nitrogens is 1. The van der Waals surface area contributed by atoms with E-state index in [4.69, 9.17) is 11.8 Å². The Bertz CT molecular complexity index is 536. The van der Waals surface area contributed by atoms with Crippen LogP contribution in [-0.2, 0) is 15.1 Å². The summed E-state index contributed by atoms with van der Waals surface area (Å²) >= 11 is 0. The van der Waals surface area contributed by atoms with Gasteiger partial charge in [0.2, 0.25) is 7.05 Å². The number of likely N-dealkylation sites (tertiary alicyclic amines) is 1. The minimum absolute atomic E-state index is 0.155. The number of piperidine rings is 1. The van der Waals surface area contributed by atoms with E-state index in [2.05, 4.69) is 32.9 Å². The molecule has 0 saturated carbocycles. The van der Waals surface area contributed by atoms with E-state index in [0.29, 0.717) is 10.9 Å². The van der Waals surface area contributed by atoms with Crippen molar-refractivity contribution in [3.8, 4) is 0 Å². The average molecular weight is 302 g/mol. The van der Waals surface area contributed by atoms with Gasteiger partial charge >= 0.3 is 5.97 Å². The van der Waals surface area contributed by atoms with Gasteiger partial charge in [0.05, 0.1) is 25.0 Å². The van der Waals surface area contributed by atoms with E-state index in [1.54, 1.807) is 0 Å². The Morgan fingerprint density at radius 3 is 2.50 bits per heavy atom. The molecule has 1 fully saturated rings. The maximum atomic E-state index is 12.2. The average Bonchev–Trinajstić information content (AvgIpc) is 2.44. The normalized spacial score (nSPS) is 29.8. The molecule has 3 heteroatoms. The van der Waals surface area contributed by atoms with Crippen LogP contribution in [0.2, 0.25) is 0 Å². The highest BCUT2D eigenvalue weighted by atomic mass is 16.6. The van der Waals surface area contributed by atoms with Crippen LogP contribution < -0.4 is 0 Å². The van der Waals surface area contributed by atoms with Crippen molar-refractivity contribution >= 4 is 5.97 Å². The molecule has 120 valence electrons. The standard InChI is InChI=1S/C19H28NO2/c1-7-17(21)22-19(16-11-9-8-10-12-16)13-15(2)20(5,6)14-18(19,3)4/h5,8-12,15H,7,13-14H2,1-4,6H3/q+1. The minimum Gasteiger partial charge on any atom is -0.453 e. The molecular formula is C19H28NO2+. The van der Waals surface area contributed by atoms with Crippen molar-refractivity contribution in [3.05, 3.63) is 42.9 Å². The Hall–Kier alpha value is -1.35. The van der Waals surface area contributed by atoms with Gasteiger partial charge in [-0.15, -0.1) is 0 Å². The predicted molar refractivity (Wildman–Crippen MR) is 87.7 cm³/mol. The van der Waals surface area contributed by atoms with Crippen LogP contribution in [0.3, 0.4) is 0 Å². The topological polar surface area (TPSA) is 26.3 Å². The van der Waals surface area contributed by atoms with Crippen LogP contribution in [0.5, 0.6) is 0 Å². The molecule has 3 atom stereocenters. The lowest BCUT2D eigenvalue weighted by Crippen LogP contribution is -2.65. The van der Waals surface area contributed by atoms with Crippen molar-refractivity contribution in [1.82, 2.24) is 0 Å². The molecule has 0 bridgehead atoms. The molecule has 1 aromatic rings. The molecule has 1 saturated heterocycles. The molecule has 0 aliphatic carbocycles. The third-order valence-corrected chi connectivity index (χ3v) is 5.24. The molecule has 1 aliphatic rings. The minimum atomic E-state index is -0.627. The molecule has 2 radical (unpaired) electrons. The summed E-state index contributed by atoms with van der Waals surface area (Å²) in [5.41, 5.74) is 0.181. The van der Waals surface area contributed by atoms with Crippen LogP contribution in [0.15, 0.2) is 30.3 Å². The summed E-state index contributed by atoms with van der Waals surface area (Å²) in [4.78, 5) is 12.2. The monoisotopic (exact) mass is 302 g/mol. The molecule has 22 heavy (non-hydrogen) atoms. The van der Waals surface area contributed by atoms with Crippen LogP contribution in [0, 0.1) is 12.5 Å². The highest BCUT2D eigenvalue weighted by molar-refractivity contribution is 5.70. The van der Waals surface area contributed by atoms with Gasteiger partial charge in [-0.05, 0) is 12.5 Å². The second kappa shape index (κ2) is 5.69. The van der Waals surface area contributed by atoms with Gasteiger partial charge in [0, 0.05) is 12.8 Å². The SMILES string of the molecule is [CH][N+]1(C)CC(C)(C)C(OC(=O)CC)(c2ccccc2)CC1C. The molecule has 1 heterocycles. The zero-order valence-corrected chi connectivity index (χ0v) is 14.4. The number of esters is 1. The van der Waals surface area contributed by atoms with Gasteiger partial charge in [-0.2, -0.15) is 0 Å². The second-order valence-corrected chi connectivity index (χ2v) is 7.46. The van der Waals surface area contributed by atoms with E-state index in [-0.39, 0.29) is 17.4 Å². The fourth-order valence-electron chi connectivity index (χ4n) is 3.76. The second-order valence-electron chi connectivity index (χ2n) is 7.46. The van der Waals surface area contributed by atoms with Crippen LogP contribution in [-0.4, -0.2) is 30.1 Å². The fourth-order valence-corrected chi connectivity index (χ4v) is 3.76. The largest absolute Gasteiger partial charge is 0.453 e. The zero-order chi connectivity index (χ0) is 16.6. The Morgan fingerprint density at radius 2 is 1.95 bits per heavy atom. The molecule has 1 aromatic carbocycles. The lowest BCUT2D eigenvalue weighted by Gasteiger charge is -2.56. The summed E-state index contributed by atoms with van der Waals surface area (Å²) in [6.07, 6.45) is 1.11. The van der Waals surface area contributed by atoms with E-state index in [0.717, 1.165) is 18.5 Å². The van der Waals surface area contributed by atoms with Crippen LogP contribution in [0.1, 0.15) is 46.1 Å².